The molecule has 0 aromatic rings. The van der Waals surface area contributed by atoms with Crippen LogP contribution < -0.4 is 0 Å². The second-order valence-corrected chi connectivity index (χ2v) is 4.54. The van der Waals surface area contributed by atoms with Crippen molar-refractivity contribution in [2.24, 2.45) is 5.92 Å². The van der Waals surface area contributed by atoms with Crippen molar-refractivity contribution < 1.29 is 23.7 Å². The zero-order valence-corrected chi connectivity index (χ0v) is 10.1. The van der Waals surface area contributed by atoms with Crippen LogP contribution in [0.1, 0.15) is 19.8 Å². The lowest BCUT2D eigenvalue weighted by Crippen LogP contribution is -2.56. The summed E-state index contributed by atoms with van der Waals surface area (Å²) in [6.45, 7) is 1.91. The first-order chi connectivity index (χ1) is 7.54. The molecule has 0 unspecified atom stereocenters. The molecular weight excluding hydrogens is 212 g/mol. The summed E-state index contributed by atoms with van der Waals surface area (Å²) >= 11 is 0. The highest BCUT2D eigenvalue weighted by molar-refractivity contribution is 5.76. The van der Waals surface area contributed by atoms with Crippen LogP contribution in [0.25, 0.3) is 0 Å². The quantitative estimate of drug-likeness (QED) is 0.528. The first-order valence-electron chi connectivity index (χ1n) is 5.40. The van der Waals surface area contributed by atoms with Gasteiger partial charge in [-0.3, -0.25) is 4.79 Å². The topological polar surface area (TPSA) is 54.0 Å². The van der Waals surface area contributed by atoms with Crippen molar-refractivity contribution in [2.45, 2.75) is 37.3 Å². The maximum Gasteiger partial charge on any atom is 0.317 e. The zero-order chi connectivity index (χ0) is 12.0. The molecule has 2 aliphatic heterocycles. The summed E-state index contributed by atoms with van der Waals surface area (Å²) in [6, 6.07) is 0. The van der Waals surface area contributed by atoms with Gasteiger partial charge in [0.2, 0.25) is 5.79 Å². The molecule has 0 N–H and O–H groups in total. The van der Waals surface area contributed by atoms with Gasteiger partial charge >= 0.3 is 5.97 Å². The van der Waals surface area contributed by atoms with Crippen LogP contribution in [-0.4, -0.2) is 44.8 Å². The Labute approximate surface area is 95.0 Å². The molecule has 2 fully saturated rings. The van der Waals surface area contributed by atoms with Crippen molar-refractivity contribution in [2.75, 3.05) is 21.3 Å². The number of fused-ring (bicyclic) bond motifs is 2. The van der Waals surface area contributed by atoms with E-state index < -0.39 is 17.3 Å². The molecule has 2 bridgehead atoms. The van der Waals surface area contributed by atoms with Crippen LogP contribution in [0.5, 0.6) is 0 Å². The highest BCUT2D eigenvalue weighted by Gasteiger charge is 2.70. The number of rotatable bonds is 3. The third-order valence-electron chi connectivity index (χ3n) is 3.85. The SMILES string of the molecule is COC(=O)[C@H]1C(OC)(OC)[C@H]2CC[C@]1(C)O2. The summed E-state index contributed by atoms with van der Waals surface area (Å²) in [7, 11) is 4.44. The number of esters is 1. The number of carbonyl (C=O) groups excluding carboxylic acids is 1. The van der Waals surface area contributed by atoms with Crippen LogP contribution in [0.15, 0.2) is 0 Å². The van der Waals surface area contributed by atoms with Crippen LogP contribution in [0.4, 0.5) is 0 Å². The standard InChI is InChI=1S/C11H18O5/c1-10-6-5-7(16-10)11(14-3,15-4)8(10)9(12)13-2/h7-8H,5-6H2,1-4H3/t7-,8-,10+/m1/s1. The molecule has 5 nitrogen and oxygen atoms in total. The Bertz CT molecular complexity index is 299. The molecular formula is C11H18O5. The average Bonchev–Trinajstić information content (AvgIpc) is 2.79. The molecule has 3 atom stereocenters. The van der Waals surface area contributed by atoms with Crippen LogP contribution in [-0.2, 0) is 23.7 Å². The minimum atomic E-state index is -1.000. The molecule has 0 aromatic carbocycles. The van der Waals surface area contributed by atoms with Gasteiger partial charge in [-0.2, -0.15) is 0 Å². The highest BCUT2D eigenvalue weighted by atomic mass is 16.7. The average molecular weight is 230 g/mol. The van der Waals surface area contributed by atoms with Crippen molar-refractivity contribution in [3.8, 4) is 0 Å². The van der Waals surface area contributed by atoms with E-state index in [1.807, 2.05) is 6.92 Å². The maximum absolute atomic E-state index is 11.9. The molecule has 5 heteroatoms. The molecule has 2 heterocycles. The minimum absolute atomic E-state index is 0.198. The lowest BCUT2D eigenvalue weighted by atomic mass is 9.75. The number of ether oxygens (including phenoxy) is 4. The fraction of sp³-hybridized carbons (Fsp3) is 0.909. The van der Waals surface area contributed by atoms with E-state index in [2.05, 4.69) is 0 Å². The van der Waals surface area contributed by atoms with Crippen molar-refractivity contribution in [3.05, 3.63) is 0 Å². The Balaban J connectivity index is 2.40. The highest BCUT2D eigenvalue weighted by Crippen LogP contribution is 2.55. The van der Waals surface area contributed by atoms with Crippen molar-refractivity contribution in [1.29, 1.82) is 0 Å². The molecule has 2 aliphatic rings. The Morgan fingerprint density at radius 1 is 1.31 bits per heavy atom. The van der Waals surface area contributed by atoms with Crippen LogP contribution in [0, 0.1) is 5.92 Å². The van der Waals surface area contributed by atoms with E-state index in [0.29, 0.717) is 0 Å². The van der Waals surface area contributed by atoms with E-state index in [9.17, 15) is 4.79 Å². The van der Waals surface area contributed by atoms with E-state index in [1.165, 1.54) is 21.3 Å². The number of hydrogen-bond donors (Lipinski definition) is 0. The molecule has 2 saturated heterocycles. The molecule has 0 aliphatic carbocycles. The first-order valence-corrected chi connectivity index (χ1v) is 5.40. The van der Waals surface area contributed by atoms with Crippen molar-refractivity contribution >= 4 is 5.97 Å². The lowest BCUT2D eigenvalue weighted by molar-refractivity contribution is -0.255. The van der Waals surface area contributed by atoms with E-state index in [1.54, 1.807) is 0 Å². The monoisotopic (exact) mass is 230 g/mol. The number of methoxy groups -OCH3 is 3. The summed E-state index contributed by atoms with van der Waals surface area (Å²) in [5, 5.41) is 0. The normalized spacial score (nSPS) is 40.0. The predicted molar refractivity (Wildman–Crippen MR) is 54.8 cm³/mol. The Morgan fingerprint density at radius 3 is 2.44 bits per heavy atom. The van der Waals surface area contributed by atoms with Gasteiger partial charge in [-0.1, -0.05) is 0 Å². The number of carbonyl (C=O) groups is 1. The van der Waals surface area contributed by atoms with Gasteiger partial charge in [0.25, 0.3) is 0 Å². The van der Waals surface area contributed by atoms with Gasteiger partial charge in [0.05, 0.1) is 12.7 Å². The molecule has 0 amide bonds. The van der Waals surface area contributed by atoms with Crippen LogP contribution in [0.3, 0.4) is 0 Å². The molecule has 0 aromatic heterocycles. The van der Waals surface area contributed by atoms with Crippen molar-refractivity contribution in [1.82, 2.24) is 0 Å². The van der Waals surface area contributed by atoms with Crippen molar-refractivity contribution in [3.63, 3.8) is 0 Å². The van der Waals surface area contributed by atoms with Gasteiger partial charge in [0.15, 0.2) is 0 Å². The minimum Gasteiger partial charge on any atom is -0.469 e. The van der Waals surface area contributed by atoms with E-state index in [4.69, 9.17) is 18.9 Å². The third-order valence-corrected chi connectivity index (χ3v) is 3.85. The second-order valence-electron chi connectivity index (χ2n) is 4.54. The Morgan fingerprint density at radius 2 is 1.94 bits per heavy atom. The smallest absolute Gasteiger partial charge is 0.317 e. The summed E-state index contributed by atoms with van der Waals surface area (Å²) in [6.07, 6.45) is 1.47. The predicted octanol–water partition coefficient (Wildman–Crippen LogP) is 0.716. The van der Waals surface area contributed by atoms with Gasteiger partial charge < -0.3 is 18.9 Å². The molecule has 2 rings (SSSR count). The van der Waals surface area contributed by atoms with E-state index in [-0.39, 0.29) is 12.1 Å². The van der Waals surface area contributed by atoms with Gasteiger partial charge in [0.1, 0.15) is 12.0 Å². The van der Waals surface area contributed by atoms with Gasteiger partial charge in [-0.05, 0) is 19.8 Å². The molecule has 92 valence electrons. The molecule has 0 radical (unpaired) electrons. The summed E-state index contributed by atoms with van der Waals surface area (Å²) in [5.74, 6) is -1.87. The molecule has 0 spiro atoms. The van der Waals surface area contributed by atoms with E-state index in [0.717, 1.165) is 12.8 Å². The maximum atomic E-state index is 11.9. The van der Waals surface area contributed by atoms with Gasteiger partial charge in [0, 0.05) is 14.2 Å². The molecule has 16 heavy (non-hydrogen) atoms. The van der Waals surface area contributed by atoms with Gasteiger partial charge in [-0.25, -0.2) is 0 Å². The lowest BCUT2D eigenvalue weighted by Gasteiger charge is -2.39. The Hall–Kier alpha value is -0.650. The zero-order valence-electron chi connectivity index (χ0n) is 10.1. The van der Waals surface area contributed by atoms with Crippen LogP contribution in [0.2, 0.25) is 0 Å². The fourth-order valence-corrected chi connectivity index (χ4v) is 3.08. The third kappa shape index (κ3) is 1.25. The molecule has 0 saturated carbocycles. The summed E-state index contributed by atoms with van der Waals surface area (Å²) in [5.41, 5.74) is -0.538. The largest absolute Gasteiger partial charge is 0.469 e. The summed E-state index contributed by atoms with van der Waals surface area (Å²) in [4.78, 5) is 11.9. The fourth-order valence-electron chi connectivity index (χ4n) is 3.08. The van der Waals surface area contributed by atoms with E-state index >= 15 is 0 Å². The first kappa shape index (κ1) is 11.8. The second kappa shape index (κ2) is 3.68. The van der Waals surface area contributed by atoms with Gasteiger partial charge in [-0.15, -0.1) is 0 Å². The summed E-state index contributed by atoms with van der Waals surface area (Å²) < 4.78 is 21.5. The Kier molecular flexibility index (Phi) is 2.72. The van der Waals surface area contributed by atoms with Crippen LogP contribution >= 0.6 is 0 Å². The number of hydrogen-bond acceptors (Lipinski definition) is 5.